The summed E-state index contributed by atoms with van der Waals surface area (Å²) in [4.78, 5) is 27.2. The van der Waals surface area contributed by atoms with E-state index in [1.807, 2.05) is 84.9 Å². The molecule has 4 nitrogen and oxygen atoms in total. The molecule has 0 aromatic heterocycles. The van der Waals surface area contributed by atoms with E-state index in [9.17, 15) is 9.59 Å². The molecule has 0 fully saturated rings. The summed E-state index contributed by atoms with van der Waals surface area (Å²) in [5.41, 5.74) is 0.696. The van der Waals surface area contributed by atoms with Gasteiger partial charge in [0.25, 0.3) is 5.91 Å². The van der Waals surface area contributed by atoms with Gasteiger partial charge in [-0.15, -0.1) is 11.8 Å². The Bertz CT molecular complexity index is 933. The molecular formula is C23H21NO3S2. The number of ether oxygens (including phenoxy) is 1. The lowest BCUT2D eigenvalue weighted by Crippen LogP contribution is -2.21. The molecule has 0 radical (unpaired) electrons. The molecule has 0 spiro atoms. The first-order chi connectivity index (χ1) is 14.2. The van der Waals surface area contributed by atoms with Crippen LogP contribution in [-0.2, 0) is 14.3 Å². The smallest absolute Gasteiger partial charge is 0.307 e. The van der Waals surface area contributed by atoms with E-state index in [4.69, 9.17) is 4.74 Å². The van der Waals surface area contributed by atoms with Crippen molar-refractivity contribution in [2.75, 3.05) is 17.7 Å². The molecule has 0 heterocycles. The van der Waals surface area contributed by atoms with Crippen LogP contribution in [0.25, 0.3) is 0 Å². The summed E-state index contributed by atoms with van der Waals surface area (Å²) >= 11 is 3.15. The second-order valence-corrected chi connectivity index (χ2v) is 8.32. The molecule has 148 valence electrons. The fourth-order valence-corrected chi connectivity index (χ4v) is 4.22. The number of rotatable bonds is 9. The first-order valence-corrected chi connectivity index (χ1v) is 11.0. The zero-order valence-corrected chi connectivity index (χ0v) is 17.4. The summed E-state index contributed by atoms with van der Waals surface area (Å²) in [5.74, 6) is -0.119. The lowest BCUT2D eigenvalue weighted by Gasteiger charge is -2.11. The Labute approximate surface area is 179 Å². The Morgan fingerprint density at radius 3 is 2.14 bits per heavy atom. The summed E-state index contributed by atoms with van der Waals surface area (Å²) in [6.07, 6.45) is 0.257. The van der Waals surface area contributed by atoms with Crippen molar-refractivity contribution in [3.63, 3.8) is 0 Å². The maximum atomic E-state index is 12.2. The van der Waals surface area contributed by atoms with E-state index in [-0.39, 0.29) is 24.9 Å². The largest absolute Gasteiger partial charge is 0.456 e. The van der Waals surface area contributed by atoms with E-state index >= 15 is 0 Å². The van der Waals surface area contributed by atoms with E-state index in [1.165, 1.54) is 0 Å². The van der Waals surface area contributed by atoms with Crippen molar-refractivity contribution in [1.82, 2.24) is 0 Å². The summed E-state index contributed by atoms with van der Waals surface area (Å²) in [7, 11) is 0. The molecule has 29 heavy (non-hydrogen) atoms. The van der Waals surface area contributed by atoms with E-state index in [1.54, 1.807) is 23.5 Å². The van der Waals surface area contributed by atoms with Gasteiger partial charge in [-0.2, -0.15) is 0 Å². The van der Waals surface area contributed by atoms with Gasteiger partial charge in [0.2, 0.25) is 0 Å². The van der Waals surface area contributed by atoms with Gasteiger partial charge >= 0.3 is 5.97 Å². The topological polar surface area (TPSA) is 55.4 Å². The minimum absolute atomic E-state index is 0.257. The number of para-hydroxylation sites is 1. The Morgan fingerprint density at radius 2 is 1.41 bits per heavy atom. The fourth-order valence-electron chi connectivity index (χ4n) is 2.45. The second kappa shape index (κ2) is 11.3. The zero-order valence-electron chi connectivity index (χ0n) is 15.7. The van der Waals surface area contributed by atoms with E-state index in [2.05, 4.69) is 5.32 Å². The number of hydrogen-bond donors (Lipinski definition) is 1. The van der Waals surface area contributed by atoms with Crippen LogP contribution in [0.4, 0.5) is 5.69 Å². The number of hydrogen-bond acceptors (Lipinski definition) is 5. The molecule has 3 aromatic rings. The Kier molecular flexibility index (Phi) is 8.22. The molecule has 0 aliphatic heterocycles. The Balaban J connectivity index is 1.44. The molecule has 0 aliphatic carbocycles. The van der Waals surface area contributed by atoms with Crippen LogP contribution in [0.5, 0.6) is 0 Å². The van der Waals surface area contributed by atoms with Crippen molar-refractivity contribution in [1.29, 1.82) is 0 Å². The fraction of sp³-hybridized carbons (Fsp3) is 0.130. The monoisotopic (exact) mass is 423 g/mol. The molecule has 0 saturated heterocycles. The predicted octanol–water partition coefficient (Wildman–Crippen LogP) is 5.50. The number of anilines is 1. The number of esters is 1. The number of thioether (sulfide) groups is 1. The van der Waals surface area contributed by atoms with Gasteiger partial charge in [-0.25, -0.2) is 0 Å². The second-order valence-electron chi connectivity index (χ2n) is 6.03. The molecular weight excluding hydrogens is 402 g/mol. The number of carbonyl (C=O) groups excluding carboxylic acids is 2. The minimum Gasteiger partial charge on any atom is -0.456 e. The van der Waals surface area contributed by atoms with Gasteiger partial charge in [0, 0.05) is 20.4 Å². The third kappa shape index (κ3) is 7.33. The van der Waals surface area contributed by atoms with Gasteiger partial charge in [0.15, 0.2) is 6.61 Å². The quantitative estimate of drug-likeness (QED) is 0.364. The highest BCUT2D eigenvalue weighted by Crippen LogP contribution is 2.33. The molecule has 0 unspecified atom stereocenters. The molecule has 0 saturated carbocycles. The Morgan fingerprint density at radius 1 is 0.793 bits per heavy atom. The third-order valence-electron chi connectivity index (χ3n) is 3.81. The van der Waals surface area contributed by atoms with Crippen molar-refractivity contribution in [2.45, 2.75) is 21.1 Å². The van der Waals surface area contributed by atoms with Crippen molar-refractivity contribution < 1.29 is 14.3 Å². The molecule has 0 bridgehead atoms. The molecule has 3 rings (SSSR count). The van der Waals surface area contributed by atoms with Crippen LogP contribution < -0.4 is 5.32 Å². The first kappa shape index (κ1) is 21.0. The maximum absolute atomic E-state index is 12.2. The van der Waals surface area contributed by atoms with Crippen LogP contribution in [0.15, 0.2) is 99.6 Å². The first-order valence-electron chi connectivity index (χ1n) is 9.16. The van der Waals surface area contributed by atoms with Gasteiger partial charge in [0.1, 0.15) is 0 Å². The van der Waals surface area contributed by atoms with Crippen LogP contribution in [0, 0.1) is 0 Å². The van der Waals surface area contributed by atoms with E-state index in [0.717, 1.165) is 14.7 Å². The molecule has 0 aliphatic rings. The highest BCUT2D eigenvalue weighted by molar-refractivity contribution is 7.99. The highest BCUT2D eigenvalue weighted by atomic mass is 32.2. The van der Waals surface area contributed by atoms with Crippen LogP contribution in [0.3, 0.4) is 0 Å². The van der Waals surface area contributed by atoms with Crippen molar-refractivity contribution in [3.05, 3.63) is 84.9 Å². The molecule has 1 N–H and O–H groups in total. The third-order valence-corrected chi connectivity index (χ3v) is 5.91. The van der Waals surface area contributed by atoms with Crippen LogP contribution in [0.2, 0.25) is 0 Å². The molecule has 3 aromatic carbocycles. The molecule has 0 atom stereocenters. The normalized spacial score (nSPS) is 10.3. The zero-order chi connectivity index (χ0) is 20.3. The predicted molar refractivity (Wildman–Crippen MR) is 118 cm³/mol. The van der Waals surface area contributed by atoms with Gasteiger partial charge in [0.05, 0.1) is 12.1 Å². The number of carbonyl (C=O) groups is 2. The van der Waals surface area contributed by atoms with Crippen LogP contribution in [0.1, 0.15) is 6.42 Å². The lowest BCUT2D eigenvalue weighted by molar-refractivity contribution is -0.146. The van der Waals surface area contributed by atoms with E-state index < -0.39 is 0 Å². The van der Waals surface area contributed by atoms with Gasteiger partial charge < -0.3 is 10.1 Å². The number of nitrogens with one attached hydrogen (secondary N) is 1. The standard InChI is InChI=1S/C23H21NO3S2/c25-22(17-27-23(26)15-16-28-18-9-3-1-4-10-18)24-20-13-7-8-14-21(20)29-19-11-5-2-6-12-19/h1-14H,15-17H2,(H,24,25). The Hall–Kier alpha value is -2.70. The number of amides is 1. The average molecular weight is 424 g/mol. The summed E-state index contributed by atoms with van der Waals surface area (Å²) in [5, 5.41) is 2.83. The van der Waals surface area contributed by atoms with Gasteiger partial charge in [-0.3, -0.25) is 9.59 Å². The van der Waals surface area contributed by atoms with Crippen LogP contribution >= 0.6 is 23.5 Å². The highest BCUT2D eigenvalue weighted by Gasteiger charge is 2.11. The van der Waals surface area contributed by atoms with E-state index in [0.29, 0.717) is 11.4 Å². The average Bonchev–Trinajstić information content (AvgIpc) is 2.75. The summed E-state index contributed by atoms with van der Waals surface area (Å²) in [6.45, 7) is -0.292. The van der Waals surface area contributed by atoms with Gasteiger partial charge in [-0.05, 0) is 36.4 Å². The SMILES string of the molecule is O=C(COC(=O)CCSc1ccccc1)Nc1ccccc1Sc1ccccc1. The summed E-state index contributed by atoms with van der Waals surface area (Å²) in [6, 6.07) is 27.3. The van der Waals surface area contributed by atoms with Gasteiger partial charge in [-0.1, -0.05) is 60.3 Å². The van der Waals surface area contributed by atoms with Crippen LogP contribution in [-0.4, -0.2) is 24.2 Å². The van der Waals surface area contributed by atoms with Crippen molar-refractivity contribution >= 4 is 41.1 Å². The lowest BCUT2D eigenvalue weighted by atomic mass is 10.3. The summed E-state index contributed by atoms with van der Waals surface area (Å²) < 4.78 is 5.10. The maximum Gasteiger partial charge on any atom is 0.307 e. The van der Waals surface area contributed by atoms with Crippen molar-refractivity contribution in [3.8, 4) is 0 Å². The molecule has 6 heteroatoms. The minimum atomic E-state index is -0.379. The van der Waals surface area contributed by atoms with Crippen molar-refractivity contribution in [2.24, 2.45) is 0 Å². The number of benzene rings is 3. The molecule has 1 amide bonds.